The van der Waals surface area contributed by atoms with Gasteiger partial charge in [-0.25, -0.2) is 22.0 Å². The third-order valence-electron chi connectivity index (χ3n) is 7.65. The lowest BCUT2D eigenvalue weighted by Crippen LogP contribution is -2.55. The minimum Gasteiger partial charge on any atom is -0.387 e. The van der Waals surface area contributed by atoms with Gasteiger partial charge in [0.2, 0.25) is 0 Å². The molecule has 214 valence electrons. The van der Waals surface area contributed by atoms with Crippen molar-refractivity contribution in [2.75, 3.05) is 5.32 Å². The normalized spacial score (nSPS) is 23.1. The van der Waals surface area contributed by atoms with E-state index >= 15 is 0 Å². The second kappa shape index (κ2) is 11.3. The number of nitrogens with zero attached hydrogens (tertiary/aromatic N) is 1. The number of nitrogens with one attached hydrogen (secondary N) is 2. The van der Waals surface area contributed by atoms with Crippen molar-refractivity contribution in [3.8, 4) is 0 Å². The summed E-state index contributed by atoms with van der Waals surface area (Å²) in [5, 5.41) is 13.0. The van der Waals surface area contributed by atoms with Gasteiger partial charge in [-0.3, -0.25) is 19.1 Å². The number of sulfone groups is 1. The highest BCUT2D eigenvalue weighted by Gasteiger charge is 2.50. The summed E-state index contributed by atoms with van der Waals surface area (Å²) in [6, 6.07) is 7.72. The quantitative estimate of drug-likeness (QED) is 0.380. The first-order valence-electron chi connectivity index (χ1n) is 12.6. The molecule has 1 heterocycles. The van der Waals surface area contributed by atoms with Gasteiger partial charge in [-0.15, -0.1) is 0 Å². The summed E-state index contributed by atoms with van der Waals surface area (Å²) in [7, 11) is -4.10. The van der Waals surface area contributed by atoms with Gasteiger partial charge in [0, 0.05) is 29.6 Å². The Bertz CT molecular complexity index is 1680. The van der Waals surface area contributed by atoms with Crippen LogP contribution in [0.2, 0.25) is 5.02 Å². The number of halogens is 3. The van der Waals surface area contributed by atoms with Crippen LogP contribution >= 0.6 is 11.6 Å². The molecule has 4 rings (SSSR count). The Balaban J connectivity index is 1.60. The van der Waals surface area contributed by atoms with Crippen LogP contribution in [0.4, 0.5) is 14.5 Å². The summed E-state index contributed by atoms with van der Waals surface area (Å²) in [4.78, 5) is 38.4. The fourth-order valence-corrected chi connectivity index (χ4v) is 7.80. The van der Waals surface area contributed by atoms with Crippen molar-refractivity contribution in [3.05, 3.63) is 91.7 Å². The van der Waals surface area contributed by atoms with E-state index in [4.69, 9.17) is 11.6 Å². The second-order valence-electron chi connectivity index (χ2n) is 10.1. The molecular formula is C27H28ClF2N3O6S. The number of H-pyrrole nitrogens is 1. The number of amides is 1. The number of benzene rings is 2. The summed E-state index contributed by atoms with van der Waals surface area (Å²) in [5.74, 6) is -4.07. The smallest absolute Gasteiger partial charge is 0.328 e. The molecule has 1 aliphatic rings. The summed E-state index contributed by atoms with van der Waals surface area (Å²) in [6.45, 7) is 3.38. The van der Waals surface area contributed by atoms with Crippen LogP contribution < -0.4 is 16.6 Å². The van der Waals surface area contributed by atoms with E-state index in [0.717, 1.165) is 18.2 Å². The van der Waals surface area contributed by atoms with Crippen molar-refractivity contribution in [1.29, 1.82) is 0 Å². The molecule has 0 radical (unpaired) electrons. The topological polar surface area (TPSA) is 138 Å². The van der Waals surface area contributed by atoms with E-state index in [1.54, 1.807) is 6.92 Å². The van der Waals surface area contributed by atoms with Crippen LogP contribution in [0.25, 0.3) is 0 Å². The van der Waals surface area contributed by atoms with Crippen molar-refractivity contribution < 1.29 is 27.1 Å². The van der Waals surface area contributed by atoms with Gasteiger partial charge in [-0.1, -0.05) is 31.9 Å². The van der Waals surface area contributed by atoms with Crippen LogP contribution in [0.3, 0.4) is 0 Å². The average Bonchev–Trinajstić information content (AvgIpc) is 2.89. The molecule has 1 saturated carbocycles. The summed E-state index contributed by atoms with van der Waals surface area (Å²) in [5.41, 5.74) is -2.75. The zero-order valence-corrected chi connectivity index (χ0v) is 23.2. The Kier molecular flexibility index (Phi) is 8.34. The first kappa shape index (κ1) is 29.6. The highest BCUT2D eigenvalue weighted by Crippen LogP contribution is 2.45. The van der Waals surface area contributed by atoms with Gasteiger partial charge in [-0.2, -0.15) is 0 Å². The average molecular weight is 596 g/mol. The number of aromatic amines is 1. The molecule has 1 amide bonds. The Morgan fingerprint density at radius 2 is 1.88 bits per heavy atom. The molecule has 1 aromatic heterocycles. The van der Waals surface area contributed by atoms with Gasteiger partial charge in [0.05, 0.1) is 27.3 Å². The number of anilines is 1. The van der Waals surface area contributed by atoms with Crippen molar-refractivity contribution in [2.24, 2.45) is 11.8 Å². The van der Waals surface area contributed by atoms with Crippen LogP contribution in [0.1, 0.15) is 43.5 Å². The predicted molar refractivity (Wildman–Crippen MR) is 145 cm³/mol. The minimum atomic E-state index is -4.10. The van der Waals surface area contributed by atoms with E-state index in [2.05, 4.69) is 10.3 Å². The van der Waals surface area contributed by atoms with Crippen LogP contribution in [-0.4, -0.2) is 39.8 Å². The molecule has 4 atom stereocenters. The summed E-state index contributed by atoms with van der Waals surface area (Å²) in [6.07, 6.45) is 1.82. The number of hydrogen-bond acceptors (Lipinski definition) is 6. The van der Waals surface area contributed by atoms with Gasteiger partial charge >= 0.3 is 5.69 Å². The molecule has 1 fully saturated rings. The van der Waals surface area contributed by atoms with E-state index < -0.39 is 61.3 Å². The van der Waals surface area contributed by atoms with Crippen molar-refractivity contribution in [2.45, 2.75) is 55.4 Å². The Morgan fingerprint density at radius 3 is 2.52 bits per heavy atom. The highest BCUT2D eigenvalue weighted by molar-refractivity contribution is 7.92. The van der Waals surface area contributed by atoms with Crippen molar-refractivity contribution in [1.82, 2.24) is 9.55 Å². The van der Waals surface area contributed by atoms with Gasteiger partial charge in [0.25, 0.3) is 11.5 Å². The Labute approximate surface area is 233 Å². The molecule has 0 spiro atoms. The lowest BCUT2D eigenvalue weighted by molar-refractivity contribution is -0.101. The maximum absolute atomic E-state index is 13.8. The SMILES string of the molecule is CC[C@@H]1C[C@@H](S(=O)(=O)c2cc(C(=O)Nc3ccc(F)c(F)c3)ccc2Cl)C[C@H](C)[C@@]1(O)Cn1ccc(=O)[nH]c1=O. The molecular weight excluding hydrogens is 568 g/mol. The maximum Gasteiger partial charge on any atom is 0.328 e. The first-order valence-corrected chi connectivity index (χ1v) is 14.5. The molecule has 0 saturated heterocycles. The third kappa shape index (κ3) is 5.74. The molecule has 3 aromatic rings. The lowest BCUT2D eigenvalue weighted by Gasteiger charge is -2.47. The number of aliphatic hydroxyl groups is 1. The van der Waals surface area contributed by atoms with E-state index in [0.29, 0.717) is 6.42 Å². The minimum absolute atomic E-state index is 0.0176. The van der Waals surface area contributed by atoms with Gasteiger partial charge in [0.1, 0.15) is 0 Å². The molecule has 3 N–H and O–H groups in total. The highest BCUT2D eigenvalue weighted by atomic mass is 35.5. The number of aromatic nitrogens is 2. The summed E-state index contributed by atoms with van der Waals surface area (Å²) >= 11 is 6.28. The van der Waals surface area contributed by atoms with E-state index in [1.165, 1.54) is 35.0 Å². The van der Waals surface area contributed by atoms with E-state index in [-0.39, 0.29) is 40.6 Å². The van der Waals surface area contributed by atoms with Gasteiger partial charge < -0.3 is 10.4 Å². The first-order chi connectivity index (χ1) is 18.8. The van der Waals surface area contributed by atoms with Crippen LogP contribution in [0.5, 0.6) is 0 Å². The third-order valence-corrected chi connectivity index (χ3v) is 10.3. The lowest BCUT2D eigenvalue weighted by atomic mass is 9.67. The number of carbonyl (C=O) groups is 1. The second-order valence-corrected chi connectivity index (χ2v) is 12.7. The zero-order chi connectivity index (χ0) is 29.4. The van der Waals surface area contributed by atoms with Crippen LogP contribution in [0, 0.1) is 23.5 Å². The predicted octanol–water partition coefficient (Wildman–Crippen LogP) is 3.75. The molecule has 2 aromatic carbocycles. The number of carbonyl (C=O) groups excluding carboxylic acids is 1. The standard InChI is InChI=1S/C27H28ClF2N3O6S/c1-3-17-12-19(10-15(2)27(17,37)14-33-9-8-24(34)32-26(33)36)40(38,39)23-11-16(4-6-20(23)28)25(35)31-18-5-7-21(29)22(30)13-18/h4-9,11,13,15,17,19,37H,3,10,12,14H2,1-2H3,(H,31,35)(H,32,34,36)/t15-,17+,19-,27-/m0/s1. The molecule has 40 heavy (non-hydrogen) atoms. The number of hydrogen-bond donors (Lipinski definition) is 3. The Morgan fingerprint density at radius 1 is 1.15 bits per heavy atom. The fourth-order valence-electron chi connectivity index (χ4n) is 5.34. The van der Waals surface area contributed by atoms with Crippen LogP contribution in [-0.2, 0) is 16.4 Å². The maximum atomic E-state index is 13.8. The van der Waals surface area contributed by atoms with Crippen molar-refractivity contribution in [3.63, 3.8) is 0 Å². The fraction of sp³-hybridized carbons (Fsp3) is 0.370. The van der Waals surface area contributed by atoms with E-state index in [9.17, 15) is 36.7 Å². The molecule has 13 heteroatoms. The summed E-state index contributed by atoms with van der Waals surface area (Å²) < 4.78 is 55.6. The largest absolute Gasteiger partial charge is 0.387 e. The molecule has 0 aliphatic heterocycles. The molecule has 1 aliphatic carbocycles. The van der Waals surface area contributed by atoms with Crippen LogP contribution in [0.15, 0.2) is 63.1 Å². The Hall–Kier alpha value is -3.35. The van der Waals surface area contributed by atoms with E-state index in [1.807, 2.05) is 6.92 Å². The molecule has 0 unspecified atom stereocenters. The molecule has 9 nitrogen and oxygen atoms in total. The van der Waals surface area contributed by atoms with Gasteiger partial charge in [-0.05, 0) is 55.0 Å². The monoisotopic (exact) mass is 595 g/mol. The van der Waals surface area contributed by atoms with Gasteiger partial charge in [0.15, 0.2) is 21.5 Å². The number of rotatable bonds is 7. The van der Waals surface area contributed by atoms with Crippen molar-refractivity contribution >= 4 is 33.0 Å². The molecule has 0 bridgehead atoms. The zero-order valence-electron chi connectivity index (χ0n) is 21.7.